The third-order valence-corrected chi connectivity index (χ3v) is 5.14. The Labute approximate surface area is 145 Å². The molecule has 1 aliphatic rings. The molecule has 3 rings (SSSR count). The van der Waals surface area contributed by atoms with Crippen molar-refractivity contribution in [1.29, 1.82) is 5.26 Å². The number of para-hydroxylation sites is 1. The Hall–Kier alpha value is -2.36. The number of nitrogens with zero attached hydrogens (tertiary/aromatic N) is 2. The number of rotatable bonds is 5. The zero-order valence-corrected chi connectivity index (χ0v) is 14.1. The molecule has 0 aliphatic carbocycles. The van der Waals surface area contributed by atoms with Crippen LogP contribution in [0.5, 0.6) is 0 Å². The van der Waals surface area contributed by atoms with Crippen LogP contribution < -0.4 is 16.0 Å². The van der Waals surface area contributed by atoms with E-state index in [2.05, 4.69) is 16.3 Å². The van der Waals surface area contributed by atoms with Crippen LogP contribution in [0.3, 0.4) is 0 Å². The molecule has 3 N–H and O–H groups in total. The molecule has 24 heavy (non-hydrogen) atoms. The maximum atomic E-state index is 12.3. The first-order valence-electron chi connectivity index (χ1n) is 8.00. The fourth-order valence-corrected chi connectivity index (χ4v) is 3.75. The summed E-state index contributed by atoms with van der Waals surface area (Å²) in [5.74, 6) is -0.108. The SMILES string of the molecule is N#Cc1ccccc1N1CC[C@H](NC(=O)[C@@H](N)Cc2cccs2)C1. The second kappa shape index (κ2) is 7.47. The average molecular weight is 340 g/mol. The van der Waals surface area contributed by atoms with Crippen molar-refractivity contribution in [1.82, 2.24) is 5.32 Å². The molecule has 2 atom stereocenters. The van der Waals surface area contributed by atoms with Gasteiger partial charge in [-0.15, -0.1) is 11.3 Å². The first-order valence-corrected chi connectivity index (χ1v) is 8.87. The summed E-state index contributed by atoms with van der Waals surface area (Å²) in [6, 6.07) is 13.3. The molecule has 1 aromatic carbocycles. The Morgan fingerprint density at radius 2 is 2.25 bits per heavy atom. The Morgan fingerprint density at radius 1 is 1.42 bits per heavy atom. The van der Waals surface area contributed by atoms with Crippen LogP contribution in [-0.2, 0) is 11.2 Å². The van der Waals surface area contributed by atoms with Gasteiger partial charge in [-0.1, -0.05) is 18.2 Å². The standard InChI is InChI=1S/C18H20N4OS/c19-11-13-4-1-2-6-17(13)22-8-7-14(12-22)21-18(23)16(20)10-15-5-3-9-24-15/h1-6,9,14,16H,7-8,10,12,20H2,(H,21,23)/t14-,16-/m0/s1. The molecule has 1 amide bonds. The third kappa shape index (κ3) is 3.75. The maximum absolute atomic E-state index is 12.3. The van der Waals surface area contributed by atoms with Crippen molar-refractivity contribution in [3.8, 4) is 6.07 Å². The van der Waals surface area contributed by atoms with E-state index < -0.39 is 6.04 Å². The van der Waals surface area contributed by atoms with Crippen molar-refractivity contribution >= 4 is 22.9 Å². The molecule has 2 heterocycles. The second-order valence-electron chi connectivity index (χ2n) is 5.96. The van der Waals surface area contributed by atoms with Gasteiger partial charge in [0.15, 0.2) is 0 Å². The molecular weight excluding hydrogens is 320 g/mol. The van der Waals surface area contributed by atoms with Gasteiger partial charge in [0.05, 0.1) is 17.3 Å². The van der Waals surface area contributed by atoms with Crippen LogP contribution in [0.2, 0.25) is 0 Å². The highest BCUT2D eigenvalue weighted by atomic mass is 32.1. The molecule has 1 saturated heterocycles. The zero-order chi connectivity index (χ0) is 16.9. The molecule has 1 aliphatic heterocycles. The second-order valence-corrected chi connectivity index (χ2v) is 6.99. The van der Waals surface area contributed by atoms with Gasteiger partial charge in [-0.2, -0.15) is 5.26 Å². The maximum Gasteiger partial charge on any atom is 0.237 e. The molecule has 6 heteroatoms. The Bertz CT molecular complexity index is 738. The molecule has 0 radical (unpaired) electrons. The monoisotopic (exact) mass is 340 g/mol. The Morgan fingerprint density at radius 3 is 3.00 bits per heavy atom. The van der Waals surface area contributed by atoms with E-state index in [0.717, 1.165) is 23.5 Å². The van der Waals surface area contributed by atoms with Gasteiger partial charge in [-0.25, -0.2) is 0 Å². The van der Waals surface area contributed by atoms with Crippen LogP contribution in [0.1, 0.15) is 16.9 Å². The predicted molar refractivity (Wildman–Crippen MR) is 95.9 cm³/mol. The van der Waals surface area contributed by atoms with Gasteiger partial charge < -0.3 is 16.0 Å². The number of anilines is 1. The van der Waals surface area contributed by atoms with E-state index in [-0.39, 0.29) is 11.9 Å². The van der Waals surface area contributed by atoms with Crippen molar-refractivity contribution in [3.63, 3.8) is 0 Å². The molecule has 0 unspecified atom stereocenters. The molecule has 5 nitrogen and oxygen atoms in total. The minimum atomic E-state index is -0.524. The average Bonchev–Trinajstić information content (AvgIpc) is 3.26. The number of nitrogens with one attached hydrogen (secondary N) is 1. The van der Waals surface area contributed by atoms with E-state index in [9.17, 15) is 10.1 Å². The summed E-state index contributed by atoms with van der Waals surface area (Å²) in [7, 11) is 0. The minimum absolute atomic E-state index is 0.0682. The summed E-state index contributed by atoms with van der Waals surface area (Å²) in [5.41, 5.74) is 7.61. The van der Waals surface area contributed by atoms with Gasteiger partial charge in [-0.05, 0) is 30.0 Å². The highest BCUT2D eigenvalue weighted by Gasteiger charge is 2.27. The van der Waals surface area contributed by atoms with Gasteiger partial charge in [0, 0.05) is 30.4 Å². The van der Waals surface area contributed by atoms with Crippen molar-refractivity contribution in [3.05, 3.63) is 52.2 Å². The molecule has 0 bridgehead atoms. The molecule has 1 aromatic heterocycles. The summed E-state index contributed by atoms with van der Waals surface area (Å²) in [6.45, 7) is 1.53. The highest BCUT2D eigenvalue weighted by Crippen LogP contribution is 2.24. The number of carbonyl (C=O) groups is 1. The number of hydrogen-bond acceptors (Lipinski definition) is 5. The van der Waals surface area contributed by atoms with Gasteiger partial charge in [-0.3, -0.25) is 4.79 Å². The van der Waals surface area contributed by atoms with Crippen molar-refractivity contribution in [2.45, 2.75) is 24.9 Å². The first-order chi connectivity index (χ1) is 11.7. The Balaban J connectivity index is 1.56. The molecule has 124 valence electrons. The van der Waals surface area contributed by atoms with Gasteiger partial charge in [0.25, 0.3) is 0 Å². The topological polar surface area (TPSA) is 82.2 Å². The van der Waals surface area contributed by atoms with E-state index >= 15 is 0 Å². The zero-order valence-electron chi connectivity index (χ0n) is 13.3. The number of thiophene rings is 1. The molecule has 1 fully saturated rings. The number of nitrogens with two attached hydrogens (primary N) is 1. The number of carbonyl (C=O) groups excluding carboxylic acids is 1. The highest BCUT2D eigenvalue weighted by molar-refractivity contribution is 7.09. The quantitative estimate of drug-likeness (QED) is 0.871. The van der Waals surface area contributed by atoms with Gasteiger partial charge >= 0.3 is 0 Å². The summed E-state index contributed by atoms with van der Waals surface area (Å²) in [4.78, 5) is 15.6. The molecule has 0 saturated carbocycles. The van der Waals surface area contributed by atoms with Crippen molar-refractivity contribution in [2.75, 3.05) is 18.0 Å². The lowest BCUT2D eigenvalue weighted by molar-refractivity contribution is -0.122. The predicted octanol–water partition coefficient (Wildman–Crippen LogP) is 1.88. The molecular formula is C18H20N4OS. The lowest BCUT2D eigenvalue weighted by atomic mass is 10.1. The lowest BCUT2D eigenvalue weighted by Gasteiger charge is -2.21. The van der Waals surface area contributed by atoms with Crippen LogP contribution >= 0.6 is 11.3 Å². The first kappa shape index (κ1) is 16.5. The third-order valence-electron chi connectivity index (χ3n) is 4.24. The fraction of sp³-hybridized carbons (Fsp3) is 0.333. The van der Waals surface area contributed by atoms with E-state index in [1.807, 2.05) is 41.8 Å². The molecule has 2 aromatic rings. The fourth-order valence-electron chi connectivity index (χ4n) is 2.99. The normalized spacial score (nSPS) is 18.2. The lowest BCUT2D eigenvalue weighted by Crippen LogP contribution is -2.47. The minimum Gasteiger partial charge on any atom is -0.368 e. The summed E-state index contributed by atoms with van der Waals surface area (Å²) in [5, 5.41) is 14.3. The van der Waals surface area contributed by atoms with Gasteiger partial charge in [0.1, 0.15) is 6.07 Å². The number of amides is 1. The van der Waals surface area contributed by atoms with Crippen LogP contribution in [0.4, 0.5) is 5.69 Å². The number of benzene rings is 1. The largest absolute Gasteiger partial charge is 0.368 e. The van der Waals surface area contributed by atoms with Crippen LogP contribution in [0.15, 0.2) is 41.8 Å². The van der Waals surface area contributed by atoms with Crippen LogP contribution in [-0.4, -0.2) is 31.1 Å². The summed E-state index contributed by atoms with van der Waals surface area (Å²) >= 11 is 1.61. The number of nitriles is 1. The molecule has 0 spiro atoms. The summed E-state index contributed by atoms with van der Waals surface area (Å²) < 4.78 is 0. The van der Waals surface area contributed by atoms with Gasteiger partial charge in [0.2, 0.25) is 5.91 Å². The van der Waals surface area contributed by atoms with E-state index in [4.69, 9.17) is 5.73 Å². The summed E-state index contributed by atoms with van der Waals surface area (Å²) in [6.07, 6.45) is 1.43. The Kier molecular flexibility index (Phi) is 5.14. The van der Waals surface area contributed by atoms with E-state index in [1.165, 1.54) is 0 Å². The van der Waals surface area contributed by atoms with E-state index in [1.54, 1.807) is 11.3 Å². The van der Waals surface area contributed by atoms with Crippen molar-refractivity contribution in [2.24, 2.45) is 5.73 Å². The van der Waals surface area contributed by atoms with Crippen LogP contribution in [0.25, 0.3) is 0 Å². The smallest absolute Gasteiger partial charge is 0.237 e. The number of hydrogen-bond donors (Lipinski definition) is 2. The van der Waals surface area contributed by atoms with Crippen molar-refractivity contribution < 1.29 is 4.79 Å². The van der Waals surface area contributed by atoms with Crippen LogP contribution in [0, 0.1) is 11.3 Å². The van der Waals surface area contributed by atoms with E-state index in [0.29, 0.717) is 18.5 Å².